The molecule has 0 saturated heterocycles. The van der Waals surface area contributed by atoms with Crippen LogP contribution in [0.15, 0.2) is 64.3 Å². The molecular formula is C23H25N9O2. The number of carbonyl (C=O) groups is 1. The molecule has 2 aromatic heterocycles. The average molecular weight is 460 g/mol. The smallest absolute Gasteiger partial charge is 0.293 e. The van der Waals surface area contributed by atoms with Crippen LogP contribution in [-0.2, 0) is 6.54 Å². The molecular weight excluding hydrogens is 434 g/mol. The van der Waals surface area contributed by atoms with Crippen LogP contribution < -0.4 is 16.1 Å². The monoisotopic (exact) mass is 459 g/mol. The molecule has 1 amide bonds. The van der Waals surface area contributed by atoms with Crippen molar-refractivity contribution in [3.05, 3.63) is 77.1 Å². The number of nitrogens with two attached hydrogens (primary N) is 1. The van der Waals surface area contributed by atoms with Gasteiger partial charge >= 0.3 is 0 Å². The first-order valence-electron chi connectivity index (χ1n) is 10.7. The van der Waals surface area contributed by atoms with Gasteiger partial charge in [-0.05, 0) is 39.5 Å². The molecule has 0 unspecified atom stereocenters. The van der Waals surface area contributed by atoms with Crippen molar-refractivity contribution in [2.45, 2.75) is 26.3 Å². The van der Waals surface area contributed by atoms with E-state index in [0.717, 1.165) is 11.3 Å². The Morgan fingerprint density at radius 2 is 1.91 bits per heavy atom. The van der Waals surface area contributed by atoms with Gasteiger partial charge in [-0.3, -0.25) is 4.79 Å². The van der Waals surface area contributed by atoms with E-state index in [1.165, 1.54) is 10.2 Å². The third-order valence-corrected chi connectivity index (χ3v) is 5.24. The number of nitrogens with zero attached hydrogens (tertiary/aromatic N) is 7. The Morgan fingerprint density at radius 3 is 2.56 bits per heavy atom. The summed E-state index contributed by atoms with van der Waals surface area (Å²) >= 11 is 0. The molecule has 11 heteroatoms. The Morgan fingerprint density at radius 1 is 1.18 bits per heavy atom. The van der Waals surface area contributed by atoms with Crippen molar-refractivity contribution in [2.75, 3.05) is 17.7 Å². The predicted octanol–water partition coefficient (Wildman–Crippen LogP) is 2.76. The lowest BCUT2D eigenvalue weighted by Gasteiger charge is -2.19. The van der Waals surface area contributed by atoms with E-state index in [1.807, 2.05) is 66.5 Å². The van der Waals surface area contributed by atoms with E-state index >= 15 is 0 Å². The summed E-state index contributed by atoms with van der Waals surface area (Å²) in [4.78, 5) is 14.9. The number of anilines is 2. The van der Waals surface area contributed by atoms with Gasteiger partial charge in [0, 0.05) is 12.7 Å². The number of hydrazone groups is 1. The second-order valence-corrected chi connectivity index (χ2v) is 7.98. The van der Waals surface area contributed by atoms with Crippen LogP contribution in [0.3, 0.4) is 0 Å². The molecule has 0 spiro atoms. The second-order valence-electron chi connectivity index (χ2n) is 7.98. The van der Waals surface area contributed by atoms with Crippen LogP contribution in [0.2, 0.25) is 0 Å². The summed E-state index contributed by atoms with van der Waals surface area (Å²) in [5.41, 5.74) is 11.9. The lowest BCUT2D eigenvalue weighted by molar-refractivity contribution is 0.0949. The fraction of sp³-hybridized carbons (Fsp3) is 0.217. The van der Waals surface area contributed by atoms with Gasteiger partial charge < -0.3 is 10.6 Å². The molecule has 2 heterocycles. The zero-order valence-electron chi connectivity index (χ0n) is 19.1. The van der Waals surface area contributed by atoms with Crippen LogP contribution in [0.25, 0.3) is 5.82 Å². The number of nitrogens with one attached hydrogen (secondary N) is 1. The number of hydrogen-bond donors (Lipinski definition) is 2. The van der Waals surface area contributed by atoms with Crippen molar-refractivity contribution < 1.29 is 9.42 Å². The Kier molecular flexibility index (Phi) is 6.62. The fourth-order valence-corrected chi connectivity index (χ4v) is 3.31. The minimum absolute atomic E-state index is 0.0309. The van der Waals surface area contributed by atoms with Crippen LogP contribution in [-0.4, -0.2) is 44.5 Å². The van der Waals surface area contributed by atoms with Crippen LogP contribution >= 0.6 is 0 Å². The molecule has 34 heavy (non-hydrogen) atoms. The van der Waals surface area contributed by atoms with Crippen LogP contribution in [0.4, 0.5) is 11.5 Å². The van der Waals surface area contributed by atoms with Gasteiger partial charge in [0.25, 0.3) is 5.91 Å². The number of benzene rings is 2. The summed E-state index contributed by atoms with van der Waals surface area (Å²) in [6, 6.07) is 17.7. The van der Waals surface area contributed by atoms with E-state index in [4.69, 9.17) is 10.4 Å². The number of carbonyl (C=O) groups excluding carboxylic acids is 1. The van der Waals surface area contributed by atoms with Gasteiger partial charge in [0.15, 0.2) is 5.69 Å². The maximum absolute atomic E-state index is 12.9. The number of hydrogen-bond acceptors (Lipinski definition) is 9. The van der Waals surface area contributed by atoms with Crippen LogP contribution in [0.5, 0.6) is 0 Å². The van der Waals surface area contributed by atoms with Crippen LogP contribution in [0.1, 0.15) is 47.1 Å². The highest BCUT2D eigenvalue weighted by molar-refractivity contribution is 5.94. The largest absolute Gasteiger partial charge is 0.378 e. The van der Waals surface area contributed by atoms with E-state index in [-0.39, 0.29) is 23.9 Å². The van der Waals surface area contributed by atoms with Gasteiger partial charge in [-0.25, -0.2) is 10.1 Å². The molecule has 11 nitrogen and oxygen atoms in total. The van der Waals surface area contributed by atoms with Crippen LogP contribution in [0, 0.1) is 0 Å². The summed E-state index contributed by atoms with van der Waals surface area (Å²) < 4.78 is 6.04. The van der Waals surface area contributed by atoms with Crippen molar-refractivity contribution in [3.63, 3.8) is 0 Å². The van der Waals surface area contributed by atoms with Gasteiger partial charge in [0.05, 0.1) is 18.5 Å². The average Bonchev–Trinajstić information content (AvgIpc) is 3.45. The molecule has 3 N–H and O–H groups in total. The van der Waals surface area contributed by atoms with E-state index in [1.54, 1.807) is 6.21 Å². The molecule has 2 aromatic carbocycles. The Labute approximate surface area is 196 Å². The summed E-state index contributed by atoms with van der Waals surface area (Å²) in [6.07, 6.45) is 1.57. The quantitative estimate of drug-likeness (QED) is 0.303. The molecule has 0 fully saturated rings. The molecule has 0 bridgehead atoms. The molecule has 0 aliphatic carbocycles. The van der Waals surface area contributed by atoms with Crippen molar-refractivity contribution in [1.82, 2.24) is 30.7 Å². The molecule has 0 atom stereocenters. The van der Waals surface area contributed by atoms with E-state index in [9.17, 15) is 4.79 Å². The number of aromatic nitrogens is 5. The standard InChI is InChI=1S/C23H25N9O2/c1-15(2)17-11-9-16(10-12-17)13-25-27-23(33)20-19(14-31(3)18-7-5-4-6-8-18)32(30-26-20)22-21(24)28-34-29-22/h4-13,15H,14H2,1-3H3,(H2,24,28)(H,27,33). The highest BCUT2D eigenvalue weighted by Crippen LogP contribution is 2.20. The molecule has 0 aliphatic heterocycles. The minimum Gasteiger partial charge on any atom is -0.378 e. The summed E-state index contributed by atoms with van der Waals surface area (Å²) in [7, 11) is 1.89. The summed E-state index contributed by atoms with van der Waals surface area (Å²) in [5.74, 6) is 0.0996. The van der Waals surface area contributed by atoms with Gasteiger partial charge in [-0.2, -0.15) is 9.78 Å². The second kappa shape index (κ2) is 9.94. The van der Waals surface area contributed by atoms with E-state index in [0.29, 0.717) is 11.6 Å². The number of nitrogen functional groups attached to an aromatic ring is 1. The van der Waals surface area contributed by atoms with Crippen molar-refractivity contribution in [1.29, 1.82) is 0 Å². The Balaban J connectivity index is 1.57. The van der Waals surface area contributed by atoms with Crippen molar-refractivity contribution >= 4 is 23.6 Å². The first-order chi connectivity index (χ1) is 16.4. The van der Waals surface area contributed by atoms with Gasteiger partial charge in [0.2, 0.25) is 11.6 Å². The maximum atomic E-state index is 12.9. The molecule has 4 aromatic rings. The van der Waals surface area contributed by atoms with Crippen molar-refractivity contribution in [3.8, 4) is 5.82 Å². The maximum Gasteiger partial charge on any atom is 0.293 e. The van der Waals surface area contributed by atoms with Crippen molar-refractivity contribution in [2.24, 2.45) is 5.10 Å². The summed E-state index contributed by atoms with van der Waals surface area (Å²) in [5, 5.41) is 19.6. The molecule has 0 saturated carbocycles. The zero-order chi connectivity index (χ0) is 24.1. The van der Waals surface area contributed by atoms with E-state index in [2.05, 4.69) is 45.0 Å². The lowest BCUT2D eigenvalue weighted by atomic mass is 10.0. The first-order valence-corrected chi connectivity index (χ1v) is 10.7. The zero-order valence-corrected chi connectivity index (χ0v) is 19.1. The Bertz CT molecular complexity index is 1280. The third kappa shape index (κ3) is 4.93. The molecule has 0 radical (unpaired) electrons. The third-order valence-electron chi connectivity index (χ3n) is 5.24. The lowest BCUT2D eigenvalue weighted by Crippen LogP contribution is -2.24. The minimum atomic E-state index is -0.521. The molecule has 174 valence electrons. The van der Waals surface area contributed by atoms with Gasteiger partial charge in [0.1, 0.15) is 0 Å². The summed E-state index contributed by atoms with van der Waals surface area (Å²) in [6.45, 7) is 4.55. The highest BCUT2D eigenvalue weighted by Gasteiger charge is 2.25. The predicted molar refractivity (Wildman–Crippen MR) is 128 cm³/mol. The highest BCUT2D eigenvalue weighted by atomic mass is 16.6. The van der Waals surface area contributed by atoms with E-state index < -0.39 is 5.91 Å². The Hall–Kier alpha value is -4.54. The van der Waals surface area contributed by atoms with Gasteiger partial charge in [-0.1, -0.05) is 61.5 Å². The number of para-hydroxylation sites is 1. The molecule has 0 aliphatic rings. The number of amides is 1. The normalized spacial score (nSPS) is 11.3. The SMILES string of the molecule is CC(C)c1ccc(C=NNC(=O)c2nnn(-c3nonc3N)c2CN(C)c2ccccc2)cc1. The number of rotatable bonds is 8. The topological polar surface area (TPSA) is 140 Å². The fourth-order valence-electron chi connectivity index (χ4n) is 3.31. The van der Waals surface area contributed by atoms with Gasteiger partial charge in [-0.15, -0.1) is 5.10 Å². The first kappa shape index (κ1) is 22.6. The molecule has 4 rings (SSSR count).